The van der Waals surface area contributed by atoms with Crippen LogP contribution in [0.1, 0.15) is 16.7 Å². The molecule has 0 aliphatic carbocycles. The number of methoxy groups -OCH3 is 1. The van der Waals surface area contributed by atoms with Crippen LogP contribution in [0.4, 0.5) is 5.69 Å². The van der Waals surface area contributed by atoms with E-state index in [9.17, 15) is 0 Å². The zero-order chi connectivity index (χ0) is 13.8. The van der Waals surface area contributed by atoms with Crippen LogP contribution < -0.4 is 15.2 Å². The number of ether oxygens (including phenoxy) is 2. The third-order valence-corrected chi connectivity index (χ3v) is 3.21. The van der Waals surface area contributed by atoms with Crippen molar-refractivity contribution in [2.45, 2.75) is 20.5 Å². The van der Waals surface area contributed by atoms with E-state index in [0.717, 1.165) is 33.9 Å². The van der Waals surface area contributed by atoms with Crippen molar-refractivity contribution in [1.29, 1.82) is 0 Å². The van der Waals surface area contributed by atoms with Crippen LogP contribution in [0, 0.1) is 13.8 Å². The van der Waals surface area contributed by atoms with Crippen molar-refractivity contribution >= 4 is 5.69 Å². The van der Waals surface area contributed by atoms with Gasteiger partial charge in [-0.15, -0.1) is 0 Å². The van der Waals surface area contributed by atoms with Gasteiger partial charge in [0.1, 0.15) is 18.1 Å². The lowest BCUT2D eigenvalue weighted by atomic mass is 10.1. The highest BCUT2D eigenvalue weighted by molar-refractivity contribution is 5.56. The van der Waals surface area contributed by atoms with Crippen molar-refractivity contribution in [2.75, 3.05) is 12.8 Å². The van der Waals surface area contributed by atoms with E-state index in [1.54, 1.807) is 7.11 Å². The molecule has 19 heavy (non-hydrogen) atoms. The standard InChI is InChI=1S/C16H19NO2/c1-11-8-9-14(17)12(2)16(11)19-10-13-6-4-5-7-15(13)18-3/h4-9H,10,17H2,1-3H3. The number of rotatable bonds is 4. The fourth-order valence-electron chi connectivity index (χ4n) is 2.04. The van der Waals surface area contributed by atoms with E-state index in [1.165, 1.54) is 0 Å². The molecule has 0 radical (unpaired) electrons. The van der Waals surface area contributed by atoms with Crippen LogP contribution in [0.5, 0.6) is 11.5 Å². The van der Waals surface area contributed by atoms with Gasteiger partial charge in [-0.1, -0.05) is 24.3 Å². The number of para-hydroxylation sites is 1. The lowest BCUT2D eigenvalue weighted by molar-refractivity contribution is 0.293. The van der Waals surface area contributed by atoms with Gasteiger partial charge >= 0.3 is 0 Å². The van der Waals surface area contributed by atoms with Crippen LogP contribution in [0.15, 0.2) is 36.4 Å². The first-order valence-electron chi connectivity index (χ1n) is 6.24. The number of benzene rings is 2. The molecule has 0 amide bonds. The molecule has 0 aromatic heterocycles. The SMILES string of the molecule is COc1ccccc1COc1c(C)ccc(N)c1C. The second-order valence-corrected chi connectivity index (χ2v) is 4.53. The molecular formula is C16H19NO2. The van der Waals surface area contributed by atoms with E-state index >= 15 is 0 Å². The van der Waals surface area contributed by atoms with Gasteiger partial charge in [0.25, 0.3) is 0 Å². The summed E-state index contributed by atoms with van der Waals surface area (Å²) in [5.41, 5.74) is 9.75. The summed E-state index contributed by atoms with van der Waals surface area (Å²) in [6, 6.07) is 11.7. The molecule has 0 aliphatic rings. The maximum Gasteiger partial charge on any atom is 0.127 e. The zero-order valence-electron chi connectivity index (χ0n) is 11.6. The first-order chi connectivity index (χ1) is 9.13. The van der Waals surface area contributed by atoms with Gasteiger partial charge in [-0.3, -0.25) is 0 Å². The lowest BCUT2D eigenvalue weighted by Crippen LogP contribution is -2.02. The lowest BCUT2D eigenvalue weighted by Gasteiger charge is -2.15. The van der Waals surface area contributed by atoms with Gasteiger partial charge in [-0.05, 0) is 31.5 Å². The quantitative estimate of drug-likeness (QED) is 0.853. The highest BCUT2D eigenvalue weighted by Crippen LogP contribution is 2.29. The van der Waals surface area contributed by atoms with Crippen LogP contribution in [0.3, 0.4) is 0 Å². The molecular weight excluding hydrogens is 238 g/mol. The molecule has 3 heteroatoms. The second-order valence-electron chi connectivity index (χ2n) is 4.53. The molecule has 0 saturated heterocycles. The summed E-state index contributed by atoms with van der Waals surface area (Å²) >= 11 is 0. The van der Waals surface area contributed by atoms with Crippen molar-refractivity contribution in [3.8, 4) is 11.5 Å². The Morgan fingerprint density at radius 1 is 1.05 bits per heavy atom. The normalized spacial score (nSPS) is 10.3. The molecule has 0 atom stereocenters. The van der Waals surface area contributed by atoms with Gasteiger partial charge in [0.2, 0.25) is 0 Å². The fourth-order valence-corrected chi connectivity index (χ4v) is 2.04. The van der Waals surface area contributed by atoms with Crippen molar-refractivity contribution in [1.82, 2.24) is 0 Å². The van der Waals surface area contributed by atoms with Gasteiger partial charge in [0, 0.05) is 16.8 Å². The number of hydrogen-bond acceptors (Lipinski definition) is 3. The average Bonchev–Trinajstić information content (AvgIpc) is 2.43. The number of anilines is 1. The summed E-state index contributed by atoms with van der Waals surface area (Å²) in [6.45, 7) is 4.46. The Morgan fingerprint density at radius 3 is 2.53 bits per heavy atom. The van der Waals surface area contributed by atoms with E-state index in [2.05, 4.69) is 0 Å². The predicted molar refractivity (Wildman–Crippen MR) is 77.7 cm³/mol. The first kappa shape index (κ1) is 13.3. The van der Waals surface area contributed by atoms with Crippen LogP contribution in [0.2, 0.25) is 0 Å². The summed E-state index contributed by atoms with van der Waals surface area (Å²) in [7, 11) is 1.66. The Balaban J connectivity index is 2.21. The molecule has 0 spiro atoms. The van der Waals surface area contributed by atoms with Crippen molar-refractivity contribution in [2.24, 2.45) is 0 Å². The number of aryl methyl sites for hydroxylation is 1. The summed E-state index contributed by atoms with van der Waals surface area (Å²) in [6.07, 6.45) is 0. The molecule has 3 nitrogen and oxygen atoms in total. The Kier molecular flexibility index (Phi) is 3.95. The predicted octanol–water partition coefficient (Wildman–Crippen LogP) is 3.47. The van der Waals surface area contributed by atoms with Crippen molar-refractivity contribution in [3.05, 3.63) is 53.1 Å². The number of nitrogen functional groups attached to an aromatic ring is 1. The van der Waals surface area contributed by atoms with E-state index in [4.69, 9.17) is 15.2 Å². The topological polar surface area (TPSA) is 44.5 Å². The van der Waals surface area contributed by atoms with E-state index in [-0.39, 0.29) is 0 Å². The smallest absolute Gasteiger partial charge is 0.127 e. The highest BCUT2D eigenvalue weighted by atomic mass is 16.5. The summed E-state index contributed by atoms with van der Waals surface area (Å²) in [4.78, 5) is 0. The average molecular weight is 257 g/mol. The molecule has 0 fully saturated rings. The van der Waals surface area contributed by atoms with Gasteiger partial charge in [-0.25, -0.2) is 0 Å². The summed E-state index contributed by atoms with van der Waals surface area (Å²) in [5.74, 6) is 1.69. The summed E-state index contributed by atoms with van der Waals surface area (Å²) < 4.78 is 11.2. The number of nitrogens with two attached hydrogens (primary N) is 1. The zero-order valence-corrected chi connectivity index (χ0v) is 11.6. The molecule has 0 unspecified atom stereocenters. The Hall–Kier alpha value is -2.16. The van der Waals surface area contributed by atoms with Crippen LogP contribution in [-0.2, 0) is 6.61 Å². The molecule has 0 saturated carbocycles. The third-order valence-electron chi connectivity index (χ3n) is 3.21. The minimum absolute atomic E-state index is 0.467. The minimum atomic E-state index is 0.467. The molecule has 0 aliphatic heterocycles. The van der Waals surface area contributed by atoms with E-state index < -0.39 is 0 Å². The maximum atomic E-state index is 5.92. The molecule has 2 aromatic rings. The highest BCUT2D eigenvalue weighted by Gasteiger charge is 2.08. The van der Waals surface area contributed by atoms with Gasteiger partial charge < -0.3 is 15.2 Å². The second kappa shape index (κ2) is 5.65. The molecule has 2 aromatic carbocycles. The van der Waals surface area contributed by atoms with Gasteiger partial charge in [0.05, 0.1) is 7.11 Å². The maximum absolute atomic E-state index is 5.92. The fraction of sp³-hybridized carbons (Fsp3) is 0.250. The minimum Gasteiger partial charge on any atom is -0.496 e. The van der Waals surface area contributed by atoms with E-state index in [0.29, 0.717) is 6.61 Å². The van der Waals surface area contributed by atoms with E-state index in [1.807, 2.05) is 50.2 Å². The molecule has 0 bridgehead atoms. The van der Waals surface area contributed by atoms with Crippen molar-refractivity contribution < 1.29 is 9.47 Å². The Labute approximate surface area is 114 Å². The molecule has 2 N–H and O–H groups in total. The Morgan fingerprint density at radius 2 is 1.79 bits per heavy atom. The van der Waals surface area contributed by atoms with Crippen LogP contribution >= 0.6 is 0 Å². The van der Waals surface area contributed by atoms with Crippen LogP contribution in [0.25, 0.3) is 0 Å². The largest absolute Gasteiger partial charge is 0.496 e. The first-order valence-corrected chi connectivity index (χ1v) is 6.24. The monoisotopic (exact) mass is 257 g/mol. The van der Waals surface area contributed by atoms with Gasteiger partial charge in [0.15, 0.2) is 0 Å². The molecule has 2 rings (SSSR count). The third kappa shape index (κ3) is 2.81. The van der Waals surface area contributed by atoms with Gasteiger partial charge in [-0.2, -0.15) is 0 Å². The van der Waals surface area contributed by atoms with Crippen molar-refractivity contribution in [3.63, 3.8) is 0 Å². The molecule has 0 heterocycles. The summed E-state index contributed by atoms with van der Waals surface area (Å²) in [5, 5.41) is 0. The Bertz CT molecular complexity index is 579. The number of hydrogen-bond donors (Lipinski definition) is 1. The van der Waals surface area contributed by atoms with Crippen LogP contribution in [-0.4, -0.2) is 7.11 Å². The molecule has 100 valence electrons.